The van der Waals surface area contributed by atoms with E-state index >= 15 is 0 Å². The summed E-state index contributed by atoms with van der Waals surface area (Å²) in [7, 11) is 0. The van der Waals surface area contributed by atoms with E-state index in [1.165, 1.54) is 37.0 Å². The lowest BCUT2D eigenvalue weighted by Gasteiger charge is -2.31. The standard InChI is InChI=1S/C29H39N5O3/c1-3-32(21-22-11-6-5-7-12-22)19-20-33(4-2)26(35)16-17-27(36)34-25-15-9-8-13-23(25)29(37)31-24-14-10-18-30-28(24)34/h8-10,13-15,18,22H,3-7,11-12,16-17,19-21H2,1-2H3,(H,31,37). The number of aromatic nitrogens is 1. The van der Waals surface area contributed by atoms with Crippen molar-refractivity contribution in [2.24, 2.45) is 5.92 Å². The molecule has 0 atom stereocenters. The normalized spacial score (nSPS) is 15.5. The van der Waals surface area contributed by atoms with Crippen molar-refractivity contribution < 1.29 is 14.4 Å². The molecule has 198 valence electrons. The Morgan fingerprint density at radius 3 is 2.54 bits per heavy atom. The number of carbonyl (C=O) groups excluding carboxylic acids is 3. The first kappa shape index (κ1) is 26.8. The molecule has 1 fully saturated rings. The number of hydrogen-bond donors (Lipinski definition) is 1. The van der Waals surface area contributed by atoms with Crippen LogP contribution in [0, 0.1) is 5.92 Å². The Hall–Kier alpha value is -3.26. The number of amides is 3. The number of para-hydroxylation sites is 1. The molecule has 0 spiro atoms. The molecule has 8 heteroatoms. The largest absolute Gasteiger partial charge is 0.342 e. The summed E-state index contributed by atoms with van der Waals surface area (Å²) in [5.41, 5.74) is 1.34. The first-order valence-corrected chi connectivity index (χ1v) is 13.7. The highest BCUT2D eigenvalue weighted by Gasteiger charge is 2.30. The number of fused-ring (bicyclic) bond motifs is 2. The molecule has 3 amide bonds. The second-order valence-corrected chi connectivity index (χ2v) is 9.95. The van der Waals surface area contributed by atoms with Crippen molar-refractivity contribution in [2.75, 3.05) is 42.9 Å². The lowest BCUT2D eigenvalue weighted by Crippen LogP contribution is -2.40. The fraction of sp³-hybridized carbons (Fsp3) is 0.517. The van der Waals surface area contributed by atoms with E-state index in [0.29, 0.717) is 35.8 Å². The molecule has 2 heterocycles. The number of rotatable bonds is 10. The third-order valence-electron chi connectivity index (χ3n) is 7.55. The number of nitrogens with zero attached hydrogens (tertiary/aromatic N) is 4. The van der Waals surface area contributed by atoms with Gasteiger partial charge < -0.3 is 15.1 Å². The number of nitrogens with one attached hydrogen (secondary N) is 1. The van der Waals surface area contributed by atoms with Gasteiger partial charge in [-0.2, -0.15) is 0 Å². The molecule has 1 saturated carbocycles. The Labute approximate surface area is 220 Å². The van der Waals surface area contributed by atoms with Gasteiger partial charge >= 0.3 is 0 Å². The van der Waals surface area contributed by atoms with Crippen LogP contribution in [0.15, 0.2) is 42.6 Å². The molecule has 2 aromatic rings. The second kappa shape index (κ2) is 12.8. The maximum atomic E-state index is 13.5. The summed E-state index contributed by atoms with van der Waals surface area (Å²) < 4.78 is 0. The Balaban J connectivity index is 1.39. The maximum Gasteiger partial charge on any atom is 0.257 e. The van der Waals surface area contributed by atoms with Crippen LogP contribution in [-0.2, 0) is 9.59 Å². The van der Waals surface area contributed by atoms with E-state index in [2.05, 4.69) is 22.1 Å². The number of pyridine rings is 1. The molecule has 8 nitrogen and oxygen atoms in total. The highest BCUT2D eigenvalue weighted by molar-refractivity contribution is 6.17. The van der Waals surface area contributed by atoms with Crippen LogP contribution >= 0.6 is 0 Å². The van der Waals surface area contributed by atoms with Crippen molar-refractivity contribution in [3.05, 3.63) is 48.2 Å². The van der Waals surface area contributed by atoms with Gasteiger partial charge in [0, 0.05) is 45.2 Å². The average molecular weight is 506 g/mol. The zero-order chi connectivity index (χ0) is 26.2. The van der Waals surface area contributed by atoms with Crippen molar-refractivity contribution in [1.29, 1.82) is 0 Å². The van der Waals surface area contributed by atoms with E-state index in [4.69, 9.17) is 0 Å². The van der Waals surface area contributed by atoms with Gasteiger partial charge in [0.15, 0.2) is 5.82 Å². The molecule has 0 saturated heterocycles. The summed E-state index contributed by atoms with van der Waals surface area (Å²) in [6, 6.07) is 10.4. The predicted molar refractivity (Wildman–Crippen MR) is 146 cm³/mol. The summed E-state index contributed by atoms with van der Waals surface area (Å²) in [6.45, 7) is 8.39. The fourth-order valence-corrected chi connectivity index (χ4v) is 5.41. The highest BCUT2D eigenvalue weighted by atomic mass is 16.2. The Morgan fingerprint density at radius 2 is 1.78 bits per heavy atom. The fourth-order valence-electron chi connectivity index (χ4n) is 5.41. The van der Waals surface area contributed by atoms with E-state index in [-0.39, 0.29) is 30.6 Å². The van der Waals surface area contributed by atoms with Gasteiger partial charge in [0.25, 0.3) is 5.91 Å². The lowest BCUT2D eigenvalue weighted by atomic mass is 9.89. The highest BCUT2D eigenvalue weighted by Crippen LogP contribution is 2.36. The summed E-state index contributed by atoms with van der Waals surface area (Å²) in [5.74, 6) is 0.560. The molecule has 0 unspecified atom stereocenters. The molecule has 1 N–H and O–H groups in total. The molecule has 2 aliphatic rings. The van der Waals surface area contributed by atoms with Crippen molar-refractivity contribution in [2.45, 2.75) is 58.8 Å². The molecular weight excluding hydrogens is 466 g/mol. The van der Waals surface area contributed by atoms with Gasteiger partial charge in [0.1, 0.15) is 0 Å². The Bertz CT molecular complexity index is 1100. The average Bonchev–Trinajstić information content (AvgIpc) is 3.05. The third-order valence-corrected chi connectivity index (χ3v) is 7.55. The molecule has 1 aliphatic carbocycles. The van der Waals surface area contributed by atoms with Crippen molar-refractivity contribution in [1.82, 2.24) is 14.8 Å². The number of hydrogen-bond acceptors (Lipinski definition) is 5. The van der Waals surface area contributed by atoms with Crippen LogP contribution in [0.2, 0.25) is 0 Å². The van der Waals surface area contributed by atoms with Gasteiger partial charge in [-0.3, -0.25) is 19.3 Å². The minimum atomic E-state index is -0.290. The smallest absolute Gasteiger partial charge is 0.257 e. The molecule has 0 radical (unpaired) electrons. The van der Waals surface area contributed by atoms with Crippen LogP contribution in [-0.4, -0.2) is 65.2 Å². The first-order valence-electron chi connectivity index (χ1n) is 13.7. The summed E-state index contributed by atoms with van der Waals surface area (Å²) in [5, 5.41) is 2.84. The number of anilines is 3. The van der Waals surface area contributed by atoms with Crippen LogP contribution in [0.4, 0.5) is 17.2 Å². The Morgan fingerprint density at radius 1 is 1.00 bits per heavy atom. The van der Waals surface area contributed by atoms with Gasteiger partial charge in [0.05, 0.1) is 16.9 Å². The third kappa shape index (κ3) is 6.55. The van der Waals surface area contributed by atoms with Gasteiger partial charge in [-0.15, -0.1) is 0 Å². The van der Waals surface area contributed by atoms with E-state index in [9.17, 15) is 14.4 Å². The SMILES string of the molecule is CCN(CCN(CC)C(=O)CCC(=O)N1c2ccccc2C(=O)Nc2cccnc21)CC1CCCCC1. The summed E-state index contributed by atoms with van der Waals surface area (Å²) >= 11 is 0. The first-order chi connectivity index (χ1) is 18.0. The zero-order valence-corrected chi connectivity index (χ0v) is 22.1. The van der Waals surface area contributed by atoms with Crippen LogP contribution in [0.25, 0.3) is 0 Å². The Kier molecular flexibility index (Phi) is 9.28. The number of benzene rings is 1. The van der Waals surface area contributed by atoms with Crippen LogP contribution < -0.4 is 10.2 Å². The van der Waals surface area contributed by atoms with Crippen LogP contribution in [0.3, 0.4) is 0 Å². The van der Waals surface area contributed by atoms with Crippen molar-refractivity contribution >= 4 is 34.9 Å². The number of likely N-dealkylation sites (N-methyl/N-ethyl adjacent to an activating group) is 2. The molecule has 1 aromatic carbocycles. The van der Waals surface area contributed by atoms with E-state index < -0.39 is 0 Å². The lowest BCUT2D eigenvalue weighted by molar-refractivity contribution is -0.133. The molecule has 4 rings (SSSR count). The van der Waals surface area contributed by atoms with Gasteiger partial charge in [-0.05, 0) is 56.5 Å². The topological polar surface area (TPSA) is 85.9 Å². The van der Waals surface area contributed by atoms with Crippen LogP contribution in [0.5, 0.6) is 0 Å². The minimum Gasteiger partial charge on any atom is -0.342 e. The van der Waals surface area contributed by atoms with Crippen LogP contribution in [0.1, 0.15) is 69.2 Å². The van der Waals surface area contributed by atoms with Crippen molar-refractivity contribution in [3.8, 4) is 0 Å². The summed E-state index contributed by atoms with van der Waals surface area (Å²) in [4.78, 5) is 49.5. The molecule has 1 aromatic heterocycles. The molecular formula is C29H39N5O3. The van der Waals surface area contributed by atoms with Gasteiger partial charge in [0.2, 0.25) is 11.8 Å². The number of carbonyl (C=O) groups is 3. The zero-order valence-electron chi connectivity index (χ0n) is 22.1. The van der Waals surface area contributed by atoms with E-state index in [1.54, 1.807) is 42.6 Å². The van der Waals surface area contributed by atoms with E-state index in [0.717, 1.165) is 25.6 Å². The minimum absolute atomic E-state index is 0.0249. The maximum absolute atomic E-state index is 13.5. The monoisotopic (exact) mass is 505 g/mol. The molecule has 1 aliphatic heterocycles. The van der Waals surface area contributed by atoms with E-state index in [1.807, 2.05) is 11.8 Å². The van der Waals surface area contributed by atoms with Gasteiger partial charge in [-0.1, -0.05) is 38.3 Å². The summed E-state index contributed by atoms with van der Waals surface area (Å²) in [6.07, 6.45) is 8.40. The molecule has 0 bridgehead atoms. The van der Waals surface area contributed by atoms with Gasteiger partial charge in [-0.25, -0.2) is 4.98 Å². The molecule has 37 heavy (non-hydrogen) atoms. The quantitative estimate of drug-likeness (QED) is 0.499. The predicted octanol–water partition coefficient (Wildman–Crippen LogP) is 4.84. The van der Waals surface area contributed by atoms with Crippen molar-refractivity contribution in [3.63, 3.8) is 0 Å². The second-order valence-electron chi connectivity index (χ2n) is 9.95.